The summed E-state index contributed by atoms with van der Waals surface area (Å²) in [5, 5.41) is 13.9. The number of thiocarbonyl (C=S) groups is 1. The second kappa shape index (κ2) is 6.00. The minimum Gasteiger partial charge on any atom is -0.507 e. The number of nitrogens with one attached hydrogen (secondary N) is 1. The lowest BCUT2D eigenvalue weighted by molar-refractivity contribution is 0.468. The predicted octanol–water partition coefficient (Wildman–Crippen LogP) is 1.60. The van der Waals surface area contributed by atoms with E-state index in [-0.39, 0.29) is 10.9 Å². The van der Waals surface area contributed by atoms with E-state index >= 15 is 0 Å². The standard InChI is InChI=1S/C12H15N3OS/c1-3-4-9-5-8(2)6-10(11(9)16)7-14-15-12(13)17/h3,5-7,16H,1,4H2,2H3,(H3,13,15,17)/b14-7+. The summed E-state index contributed by atoms with van der Waals surface area (Å²) in [5.74, 6) is 0.198. The van der Waals surface area contributed by atoms with Gasteiger partial charge in [-0.3, -0.25) is 5.43 Å². The minimum atomic E-state index is 0.0831. The summed E-state index contributed by atoms with van der Waals surface area (Å²) in [6.07, 6.45) is 3.83. The van der Waals surface area contributed by atoms with Crippen LogP contribution in [0.2, 0.25) is 0 Å². The van der Waals surface area contributed by atoms with Crippen molar-refractivity contribution in [3.8, 4) is 5.75 Å². The molecule has 17 heavy (non-hydrogen) atoms. The van der Waals surface area contributed by atoms with Gasteiger partial charge in [-0.15, -0.1) is 6.58 Å². The van der Waals surface area contributed by atoms with E-state index in [1.807, 2.05) is 19.1 Å². The normalized spacial score (nSPS) is 10.4. The highest BCUT2D eigenvalue weighted by atomic mass is 32.1. The molecule has 4 N–H and O–H groups in total. The van der Waals surface area contributed by atoms with E-state index in [9.17, 15) is 5.11 Å². The molecule has 1 aromatic carbocycles. The molecule has 0 atom stereocenters. The maximum absolute atomic E-state index is 9.98. The third kappa shape index (κ3) is 3.88. The van der Waals surface area contributed by atoms with E-state index in [0.717, 1.165) is 11.1 Å². The molecule has 0 saturated carbocycles. The first kappa shape index (κ1) is 13.2. The van der Waals surface area contributed by atoms with Crippen molar-refractivity contribution in [3.05, 3.63) is 41.5 Å². The second-order valence-electron chi connectivity index (χ2n) is 3.59. The highest BCUT2D eigenvalue weighted by Crippen LogP contribution is 2.23. The first-order chi connectivity index (χ1) is 8.04. The van der Waals surface area contributed by atoms with Crippen LogP contribution in [0.1, 0.15) is 16.7 Å². The van der Waals surface area contributed by atoms with Crippen molar-refractivity contribution >= 4 is 23.5 Å². The topological polar surface area (TPSA) is 70.6 Å². The van der Waals surface area contributed by atoms with Crippen molar-refractivity contribution in [2.45, 2.75) is 13.3 Å². The number of benzene rings is 1. The summed E-state index contributed by atoms with van der Waals surface area (Å²) in [6.45, 7) is 5.60. The van der Waals surface area contributed by atoms with Crippen molar-refractivity contribution in [1.29, 1.82) is 0 Å². The fraction of sp³-hybridized carbons (Fsp3) is 0.167. The Morgan fingerprint density at radius 1 is 1.65 bits per heavy atom. The second-order valence-corrected chi connectivity index (χ2v) is 4.03. The maximum atomic E-state index is 9.98. The molecule has 0 amide bonds. The molecule has 0 aliphatic carbocycles. The van der Waals surface area contributed by atoms with Crippen LogP contribution in [0.5, 0.6) is 5.75 Å². The van der Waals surface area contributed by atoms with Gasteiger partial charge in [-0.2, -0.15) is 5.10 Å². The van der Waals surface area contributed by atoms with Crippen LogP contribution < -0.4 is 11.2 Å². The van der Waals surface area contributed by atoms with Crippen LogP contribution in [0.25, 0.3) is 0 Å². The molecule has 0 aliphatic heterocycles. The molecule has 0 radical (unpaired) electrons. The smallest absolute Gasteiger partial charge is 0.184 e. The average Bonchev–Trinajstić information content (AvgIpc) is 2.24. The SMILES string of the molecule is C=CCc1cc(C)cc(/C=N/NC(N)=S)c1O. The van der Waals surface area contributed by atoms with Gasteiger partial charge in [-0.1, -0.05) is 12.1 Å². The number of nitrogens with two attached hydrogens (primary N) is 1. The van der Waals surface area contributed by atoms with Gasteiger partial charge in [0.05, 0.1) is 6.21 Å². The first-order valence-electron chi connectivity index (χ1n) is 5.06. The van der Waals surface area contributed by atoms with Crippen LogP contribution in [-0.4, -0.2) is 16.4 Å². The highest BCUT2D eigenvalue weighted by Gasteiger charge is 2.05. The van der Waals surface area contributed by atoms with Crippen LogP contribution in [0, 0.1) is 6.92 Å². The molecule has 4 nitrogen and oxygen atoms in total. The Balaban J connectivity index is 3.02. The number of rotatable bonds is 4. The van der Waals surface area contributed by atoms with Gasteiger partial charge >= 0.3 is 0 Å². The van der Waals surface area contributed by atoms with Gasteiger partial charge in [0.25, 0.3) is 0 Å². The fourth-order valence-electron chi connectivity index (χ4n) is 1.46. The molecule has 0 saturated heterocycles. The molecule has 5 heteroatoms. The quantitative estimate of drug-likeness (QED) is 0.328. The molecule has 0 aromatic heterocycles. The summed E-state index contributed by atoms with van der Waals surface area (Å²) in [6, 6.07) is 3.74. The lowest BCUT2D eigenvalue weighted by Crippen LogP contribution is -2.24. The van der Waals surface area contributed by atoms with Crippen LogP contribution in [0.3, 0.4) is 0 Å². The zero-order valence-corrected chi connectivity index (χ0v) is 10.4. The van der Waals surface area contributed by atoms with Crippen molar-refractivity contribution in [3.63, 3.8) is 0 Å². The summed E-state index contributed by atoms with van der Waals surface area (Å²) in [7, 11) is 0. The number of phenolic OH excluding ortho intramolecular Hbond substituents is 1. The molecule has 0 fully saturated rings. The fourth-order valence-corrected chi connectivity index (χ4v) is 1.51. The number of nitrogens with zero attached hydrogens (tertiary/aromatic N) is 1. The minimum absolute atomic E-state index is 0.0831. The average molecular weight is 249 g/mol. The van der Waals surface area contributed by atoms with Gasteiger partial charge in [-0.05, 0) is 42.8 Å². The number of aromatic hydroxyl groups is 1. The lowest BCUT2D eigenvalue weighted by Gasteiger charge is -2.07. The lowest BCUT2D eigenvalue weighted by atomic mass is 10.0. The van der Waals surface area contributed by atoms with E-state index in [0.29, 0.717) is 12.0 Å². The van der Waals surface area contributed by atoms with E-state index in [4.69, 9.17) is 5.73 Å². The van der Waals surface area contributed by atoms with E-state index in [1.54, 1.807) is 6.08 Å². The molecule has 1 rings (SSSR count). The molecule has 0 aliphatic rings. The molecule has 0 spiro atoms. The Hall–Kier alpha value is -1.88. The third-order valence-corrected chi connectivity index (χ3v) is 2.20. The monoisotopic (exact) mass is 249 g/mol. The number of phenols is 1. The molecule has 0 bridgehead atoms. The largest absolute Gasteiger partial charge is 0.507 e. The Labute approximate surface area is 106 Å². The van der Waals surface area contributed by atoms with Crippen molar-refractivity contribution in [2.24, 2.45) is 10.8 Å². The zero-order chi connectivity index (χ0) is 12.8. The Bertz CT molecular complexity index is 469. The van der Waals surface area contributed by atoms with E-state index in [1.165, 1.54) is 6.21 Å². The third-order valence-electron chi connectivity index (χ3n) is 2.11. The van der Waals surface area contributed by atoms with Gasteiger partial charge in [0.1, 0.15) is 5.75 Å². The number of aryl methyl sites for hydroxylation is 1. The first-order valence-corrected chi connectivity index (χ1v) is 5.47. The molecule has 1 aromatic rings. The molecule has 90 valence electrons. The van der Waals surface area contributed by atoms with Gasteiger partial charge < -0.3 is 10.8 Å². The van der Waals surface area contributed by atoms with Crippen molar-refractivity contribution < 1.29 is 5.11 Å². The highest BCUT2D eigenvalue weighted by molar-refractivity contribution is 7.80. The van der Waals surface area contributed by atoms with Crippen LogP contribution >= 0.6 is 12.2 Å². The van der Waals surface area contributed by atoms with Crippen LogP contribution in [-0.2, 0) is 6.42 Å². The van der Waals surface area contributed by atoms with Crippen LogP contribution in [0.15, 0.2) is 29.9 Å². The van der Waals surface area contributed by atoms with Crippen molar-refractivity contribution in [1.82, 2.24) is 5.43 Å². The van der Waals surface area contributed by atoms with Gasteiger partial charge in [0, 0.05) is 5.56 Å². The van der Waals surface area contributed by atoms with Crippen LogP contribution in [0.4, 0.5) is 0 Å². The Morgan fingerprint density at radius 3 is 2.94 bits per heavy atom. The van der Waals surface area contributed by atoms with E-state index < -0.39 is 0 Å². The summed E-state index contributed by atoms with van der Waals surface area (Å²) < 4.78 is 0. The number of hydrogen-bond donors (Lipinski definition) is 3. The van der Waals surface area contributed by atoms with Gasteiger partial charge in [0.15, 0.2) is 5.11 Å². The number of hydrazone groups is 1. The molecular formula is C12H15N3OS. The van der Waals surface area contributed by atoms with Gasteiger partial charge in [0.2, 0.25) is 0 Å². The summed E-state index contributed by atoms with van der Waals surface area (Å²) in [5.41, 5.74) is 10.1. The number of allylic oxidation sites excluding steroid dienone is 1. The molecular weight excluding hydrogens is 234 g/mol. The van der Waals surface area contributed by atoms with Crippen molar-refractivity contribution in [2.75, 3.05) is 0 Å². The molecule has 0 unspecified atom stereocenters. The number of hydrogen-bond acceptors (Lipinski definition) is 3. The molecule has 0 heterocycles. The zero-order valence-electron chi connectivity index (χ0n) is 9.60. The summed E-state index contributed by atoms with van der Waals surface area (Å²) >= 11 is 4.61. The van der Waals surface area contributed by atoms with Gasteiger partial charge in [-0.25, -0.2) is 0 Å². The summed E-state index contributed by atoms with van der Waals surface area (Å²) in [4.78, 5) is 0. The Morgan fingerprint density at radius 2 is 2.35 bits per heavy atom. The van der Waals surface area contributed by atoms with E-state index in [2.05, 4.69) is 29.3 Å². The maximum Gasteiger partial charge on any atom is 0.184 e. The predicted molar refractivity (Wildman–Crippen MR) is 74.3 cm³/mol. The Kier molecular flexibility index (Phi) is 4.66.